The number of carbonyl (C=O) groups is 1. The topological polar surface area (TPSA) is 192 Å². The minimum absolute atomic E-state index is 0.255. The minimum atomic E-state index is -5.09. The fourth-order valence-corrected chi connectivity index (χ4v) is 10.6. The van der Waals surface area contributed by atoms with E-state index >= 15 is 0 Å². The van der Waals surface area contributed by atoms with E-state index in [4.69, 9.17) is 9.47 Å². The molecule has 0 aromatic heterocycles. The average Bonchev–Trinajstić information content (AvgIpc) is 3.36. The van der Waals surface area contributed by atoms with Crippen LogP contribution in [-0.2, 0) is 28.9 Å². The lowest BCUT2D eigenvalue weighted by Crippen LogP contribution is -2.61. The lowest BCUT2D eigenvalue weighted by molar-refractivity contribution is -0.298. The molecular weight excluding hydrogens is 931 g/mol. The summed E-state index contributed by atoms with van der Waals surface area (Å²) in [5.74, 6) is -0.255. The summed E-state index contributed by atoms with van der Waals surface area (Å²) in [6, 6.07) is -0.940. The van der Waals surface area contributed by atoms with Crippen molar-refractivity contribution in [1.29, 1.82) is 0 Å². The fraction of sp³-hybridized carbons (Fsp3) is 0.949. The molecule has 1 fully saturated rings. The lowest BCUT2D eigenvalue weighted by atomic mass is 9.99. The third-order valence-electron chi connectivity index (χ3n) is 14.8. The van der Waals surface area contributed by atoms with Gasteiger partial charge in [-0.05, 0) is 19.3 Å². The molecule has 1 rings (SSSR count). The molecule has 7 unspecified atom stereocenters. The predicted molar refractivity (Wildman–Crippen MR) is 296 cm³/mol. The van der Waals surface area contributed by atoms with Gasteiger partial charge in [0.1, 0.15) is 24.4 Å². The molecule has 0 saturated carbocycles. The molecule has 12 nitrogen and oxygen atoms in total. The van der Waals surface area contributed by atoms with Crippen molar-refractivity contribution in [3.63, 3.8) is 0 Å². The quantitative estimate of drug-likeness (QED) is 0.0193. The van der Waals surface area contributed by atoms with E-state index in [0.29, 0.717) is 6.42 Å². The Labute approximate surface area is 442 Å². The number of aliphatic hydroxyl groups excluding tert-OH is 4. The molecule has 72 heavy (non-hydrogen) atoms. The highest BCUT2D eigenvalue weighted by Gasteiger charge is 2.48. The van der Waals surface area contributed by atoms with Crippen molar-refractivity contribution in [2.45, 2.75) is 346 Å². The predicted octanol–water partition coefficient (Wildman–Crippen LogP) is 14.6. The first kappa shape index (κ1) is 68.9. The monoisotopic (exact) mass is 1050 g/mol. The highest BCUT2D eigenvalue weighted by molar-refractivity contribution is 7.80. The van der Waals surface area contributed by atoms with Gasteiger partial charge in [0, 0.05) is 6.42 Å². The Morgan fingerprint density at radius 3 is 1.21 bits per heavy atom. The van der Waals surface area contributed by atoms with Crippen LogP contribution in [0.25, 0.3) is 0 Å². The van der Waals surface area contributed by atoms with E-state index in [-0.39, 0.29) is 18.9 Å². The minimum Gasteiger partial charge on any atom is -0.394 e. The lowest BCUT2D eigenvalue weighted by Gasteiger charge is -2.41. The first-order valence-corrected chi connectivity index (χ1v) is 31.9. The number of ether oxygens (including phenoxy) is 2. The van der Waals surface area contributed by atoms with Gasteiger partial charge in [-0.2, -0.15) is 8.42 Å². The average molecular weight is 1050 g/mol. The van der Waals surface area contributed by atoms with Crippen LogP contribution in [0, 0.1) is 0 Å². The van der Waals surface area contributed by atoms with Gasteiger partial charge in [0.25, 0.3) is 0 Å². The summed E-state index contributed by atoms with van der Waals surface area (Å²) in [6.07, 6.45) is 51.2. The van der Waals surface area contributed by atoms with Crippen molar-refractivity contribution in [2.24, 2.45) is 0 Å². The van der Waals surface area contributed by atoms with E-state index in [1.54, 1.807) is 6.08 Å². The van der Waals surface area contributed by atoms with Crippen molar-refractivity contribution in [1.82, 2.24) is 5.32 Å². The van der Waals surface area contributed by atoms with Crippen LogP contribution in [0.5, 0.6) is 0 Å². The van der Waals surface area contributed by atoms with Crippen molar-refractivity contribution < 1.29 is 51.8 Å². The molecule has 0 radical (unpaired) electrons. The van der Waals surface area contributed by atoms with E-state index in [9.17, 15) is 38.2 Å². The van der Waals surface area contributed by atoms with Crippen LogP contribution in [0.3, 0.4) is 0 Å². The van der Waals surface area contributed by atoms with E-state index in [0.717, 1.165) is 38.5 Å². The number of unbranched alkanes of at least 4 members (excludes halogenated alkanes) is 42. The van der Waals surface area contributed by atoms with E-state index < -0.39 is 59.9 Å². The van der Waals surface area contributed by atoms with Gasteiger partial charge in [0.15, 0.2) is 6.29 Å². The van der Waals surface area contributed by atoms with Crippen LogP contribution in [0.1, 0.15) is 303 Å². The molecule has 0 bridgehead atoms. The maximum Gasteiger partial charge on any atom is 0.397 e. The zero-order chi connectivity index (χ0) is 52.6. The van der Waals surface area contributed by atoms with Crippen LogP contribution < -0.4 is 5.32 Å². The van der Waals surface area contributed by atoms with Gasteiger partial charge in [-0.25, -0.2) is 4.18 Å². The van der Waals surface area contributed by atoms with Crippen LogP contribution in [0.4, 0.5) is 0 Å². The Balaban J connectivity index is 2.32. The normalized spacial score (nSPS) is 19.3. The summed E-state index contributed by atoms with van der Waals surface area (Å²) >= 11 is 0. The van der Waals surface area contributed by atoms with E-state index in [1.165, 1.54) is 238 Å². The number of hydrogen-bond acceptors (Lipinski definition) is 10. The van der Waals surface area contributed by atoms with Gasteiger partial charge in [0.2, 0.25) is 5.91 Å². The molecule has 1 heterocycles. The summed E-state index contributed by atoms with van der Waals surface area (Å²) < 4.78 is 47.9. The Morgan fingerprint density at radius 1 is 0.542 bits per heavy atom. The number of nitrogens with one attached hydrogen (secondary N) is 1. The second-order valence-corrected chi connectivity index (χ2v) is 22.7. The smallest absolute Gasteiger partial charge is 0.394 e. The highest BCUT2D eigenvalue weighted by Crippen LogP contribution is 2.26. The van der Waals surface area contributed by atoms with Crippen LogP contribution in [0.15, 0.2) is 12.2 Å². The maximum absolute atomic E-state index is 13.1. The number of aliphatic hydroxyl groups is 4. The molecule has 1 amide bonds. The highest BCUT2D eigenvalue weighted by atomic mass is 32.3. The summed E-state index contributed by atoms with van der Waals surface area (Å²) in [7, 11) is -5.09. The Hall–Kier alpha value is -1.16. The number of amides is 1. The first-order chi connectivity index (χ1) is 35.0. The van der Waals surface area contributed by atoms with Crippen molar-refractivity contribution >= 4 is 16.3 Å². The zero-order valence-electron chi connectivity index (χ0n) is 46.5. The van der Waals surface area contributed by atoms with Crippen LogP contribution in [0.2, 0.25) is 0 Å². The van der Waals surface area contributed by atoms with E-state index in [2.05, 4.69) is 23.3 Å². The van der Waals surface area contributed by atoms with E-state index in [1.807, 2.05) is 6.08 Å². The molecule has 0 spiro atoms. The van der Waals surface area contributed by atoms with Crippen molar-refractivity contribution in [3.8, 4) is 0 Å². The van der Waals surface area contributed by atoms with Gasteiger partial charge in [0.05, 0.1) is 25.4 Å². The maximum atomic E-state index is 13.1. The summed E-state index contributed by atoms with van der Waals surface area (Å²) in [5, 5.41) is 45.0. The molecule has 1 saturated heterocycles. The van der Waals surface area contributed by atoms with Crippen LogP contribution >= 0.6 is 0 Å². The van der Waals surface area contributed by atoms with Crippen molar-refractivity contribution in [2.75, 3.05) is 13.2 Å². The zero-order valence-corrected chi connectivity index (χ0v) is 47.3. The second kappa shape index (κ2) is 49.4. The summed E-state index contributed by atoms with van der Waals surface area (Å²) in [4.78, 5) is 13.1. The molecule has 6 N–H and O–H groups in total. The van der Waals surface area contributed by atoms with Gasteiger partial charge < -0.3 is 35.2 Å². The molecule has 428 valence electrons. The van der Waals surface area contributed by atoms with Gasteiger partial charge in [-0.3, -0.25) is 9.35 Å². The molecule has 0 aromatic rings. The Bertz CT molecular complexity index is 1320. The Morgan fingerprint density at radius 2 is 0.875 bits per heavy atom. The molecule has 1 aliphatic rings. The van der Waals surface area contributed by atoms with Crippen LogP contribution in [-0.4, -0.2) is 95.4 Å². The number of hydrogen-bond donors (Lipinski definition) is 6. The number of rotatable bonds is 54. The number of allylic oxidation sites excluding steroid dienone is 1. The first-order valence-electron chi connectivity index (χ1n) is 30.6. The fourth-order valence-electron chi connectivity index (χ4n) is 10.1. The molecule has 0 aliphatic carbocycles. The molecule has 7 atom stereocenters. The molecule has 1 aliphatic heterocycles. The largest absolute Gasteiger partial charge is 0.397 e. The summed E-state index contributed by atoms with van der Waals surface area (Å²) in [6.45, 7) is 3.45. The summed E-state index contributed by atoms with van der Waals surface area (Å²) in [5.41, 5.74) is 0. The van der Waals surface area contributed by atoms with Gasteiger partial charge >= 0.3 is 10.4 Å². The second-order valence-electron chi connectivity index (χ2n) is 21.7. The number of carbonyl (C=O) groups excluding carboxylic acids is 1. The SMILES string of the molecule is CCCCCCCCCCCCCCCCCCC/C=C/C(O)C(COC1OC(CO)C(O)C(OS(=O)(=O)O)C1O)NC(=O)CCCCCCCCCCCCCCCCCCCCCCCCCCCC. The molecule has 0 aromatic carbocycles. The molecule has 13 heteroatoms. The van der Waals surface area contributed by atoms with Gasteiger partial charge in [-0.15, -0.1) is 0 Å². The third-order valence-corrected chi connectivity index (χ3v) is 15.3. The Kier molecular flexibility index (Phi) is 47.3. The van der Waals surface area contributed by atoms with Gasteiger partial charge in [-0.1, -0.05) is 289 Å². The third kappa shape index (κ3) is 41.1. The molecular formula is C59H115NO11S. The standard InChI is InChI=1S/C59H115NO11S/c1-3-5-7-9-11-13-15-17-19-21-23-24-25-26-27-28-29-31-33-35-37-39-41-43-45-47-49-55(63)60-52(51-69-59-57(65)58(71-72(66,67)68)56(64)54(50-61)70-59)53(62)48-46-44-42-40-38-36-34-32-30-22-20-18-16-14-12-10-8-6-4-2/h46,48,52-54,56-59,61-62,64-65H,3-45,47,49-51H2,1-2H3,(H,60,63)(H,66,67,68)/b48-46+. The van der Waals surface area contributed by atoms with Crippen molar-refractivity contribution in [3.05, 3.63) is 12.2 Å².